The minimum absolute atomic E-state index is 0.151. The van der Waals surface area contributed by atoms with E-state index in [1.807, 2.05) is 20.8 Å². The fourth-order valence-electron chi connectivity index (χ4n) is 2.35. The van der Waals surface area contributed by atoms with Crippen LogP contribution >= 0.6 is 0 Å². The van der Waals surface area contributed by atoms with Gasteiger partial charge >= 0.3 is 5.97 Å². The summed E-state index contributed by atoms with van der Waals surface area (Å²) in [5.41, 5.74) is 3.47. The van der Waals surface area contributed by atoms with Crippen molar-refractivity contribution in [1.82, 2.24) is 0 Å². The molecule has 0 saturated heterocycles. The van der Waals surface area contributed by atoms with Crippen LogP contribution in [0, 0.1) is 12.8 Å². The molecule has 20 heavy (non-hydrogen) atoms. The molecule has 0 saturated carbocycles. The highest BCUT2D eigenvalue weighted by Gasteiger charge is 2.19. The molecule has 1 rings (SSSR count). The zero-order chi connectivity index (χ0) is 15.3. The lowest BCUT2D eigenvalue weighted by Crippen LogP contribution is -2.17. The number of rotatable bonds is 6. The Labute approximate surface area is 122 Å². The predicted octanol–water partition coefficient (Wildman–Crippen LogP) is 3.87. The Hall–Kier alpha value is -1.51. The molecule has 3 heteroatoms. The first kappa shape index (κ1) is 16.5. The molecule has 1 aromatic carbocycles. The van der Waals surface area contributed by atoms with Crippen molar-refractivity contribution in [1.29, 1.82) is 0 Å². The van der Waals surface area contributed by atoms with Crippen molar-refractivity contribution in [2.24, 2.45) is 5.92 Å². The number of ether oxygens (including phenoxy) is 2. The minimum Gasteiger partial charge on any atom is -0.496 e. The highest BCUT2D eigenvalue weighted by molar-refractivity contribution is 5.72. The van der Waals surface area contributed by atoms with Gasteiger partial charge in [0, 0.05) is 0 Å². The Morgan fingerprint density at radius 2 is 1.90 bits per heavy atom. The summed E-state index contributed by atoms with van der Waals surface area (Å²) in [6.45, 7) is 10.5. The second kappa shape index (κ2) is 7.32. The molecule has 0 amide bonds. The van der Waals surface area contributed by atoms with E-state index in [0.717, 1.165) is 16.9 Å². The molecule has 0 aromatic heterocycles. The molecule has 0 heterocycles. The zero-order valence-electron chi connectivity index (χ0n) is 13.4. The van der Waals surface area contributed by atoms with Crippen molar-refractivity contribution < 1.29 is 14.3 Å². The molecule has 0 aliphatic carbocycles. The van der Waals surface area contributed by atoms with Gasteiger partial charge in [-0.3, -0.25) is 4.79 Å². The third-order valence-corrected chi connectivity index (χ3v) is 3.46. The Morgan fingerprint density at radius 3 is 2.40 bits per heavy atom. The van der Waals surface area contributed by atoms with Crippen LogP contribution in [0.15, 0.2) is 12.1 Å². The summed E-state index contributed by atoms with van der Waals surface area (Å²) in [5, 5.41) is 0. The Bertz CT molecular complexity index is 464. The minimum atomic E-state index is -0.161. The fraction of sp³-hybridized carbons (Fsp3) is 0.588. The molecule has 0 aliphatic rings. The maximum absolute atomic E-state index is 11.8. The number of methoxy groups -OCH3 is 1. The molecular formula is C17H26O3. The largest absolute Gasteiger partial charge is 0.496 e. The van der Waals surface area contributed by atoms with Crippen LogP contribution in [0.5, 0.6) is 5.75 Å². The molecule has 112 valence electrons. The number of carbonyl (C=O) groups excluding carboxylic acids is 1. The van der Waals surface area contributed by atoms with Crippen LogP contribution in [0.1, 0.15) is 50.3 Å². The van der Waals surface area contributed by atoms with Crippen LogP contribution in [0.3, 0.4) is 0 Å². The monoisotopic (exact) mass is 278 g/mol. The van der Waals surface area contributed by atoms with E-state index >= 15 is 0 Å². The van der Waals surface area contributed by atoms with Gasteiger partial charge in [0.1, 0.15) is 5.75 Å². The third kappa shape index (κ3) is 3.99. The van der Waals surface area contributed by atoms with E-state index in [4.69, 9.17) is 9.47 Å². The van der Waals surface area contributed by atoms with Gasteiger partial charge in [-0.15, -0.1) is 0 Å². The summed E-state index contributed by atoms with van der Waals surface area (Å²) >= 11 is 0. The average molecular weight is 278 g/mol. The van der Waals surface area contributed by atoms with Crippen LogP contribution in [0.25, 0.3) is 0 Å². The van der Waals surface area contributed by atoms with E-state index in [-0.39, 0.29) is 11.9 Å². The molecule has 0 radical (unpaired) electrons. The van der Waals surface area contributed by atoms with E-state index in [9.17, 15) is 4.79 Å². The zero-order valence-corrected chi connectivity index (χ0v) is 13.4. The highest BCUT2D eigenvalue weighted by Crippen LogP contribution is 2.30. The van der Waals surface area contributed by atoms with Gasteiger partial charge in [-0.2, -0.15) is 0 Å². The average Bonchev–Trinajstić information content (AvgIpc) is 2.38. The summed E-state index contributed by atoms with van der Waals surface area (Å²) in [7, 11) is 1.68. The molecular weight excluding hydrogens is 252 g/mol. The number of benzene rings is 1. The fourth-order valence-corrected chi connectivity index (χ4v) is 2.35. The van der Waals surface area contributed by atoms with Gasteiger partial charge in [0.15, 0.2) is 0 Å². The summed E-state index contributed by atoms with van der Waals surface area (Å²) in [6.07, 6.45) is 0.642. The van der Waals surface area contributed by atoms with Gasteiger partial charge in [-0.05, 0) is 42.9 Å². The molecule has 3 nitrogen and oxygen atoms in total. The lowest BCUT2D eigenvalue weighted by molar-refractivity contribution is -0.147. The van der Waals surface area contributed by atoms with Crippen LogP contribution in [0.2, 0.25) is 0 Å². The predicted molar refractivity (Wildman–Crippen MR) is 81.3 cm³/mol. The van der Waals surface area contributed by atoms with Crippen molar-refractivity contribution in [2.75, 3.05) is 13.7 Å². The first-order chi connectivity index (χ1) is 9.40. The molecule has 0 spiro atoms. The molecule has 0 bridgehead atoms. The molecule has 1 aromatic rings. The summed E-state index contributed by atoms with van der Waals surface area (Å²) in [4.78, 5) is 11.8. The number of hydrogen-bond donors (Lipinski definition) is 0. The first-order valence-corrected chi connectivity index (χ1v) is 7.24. The van der Waals surface area contributed by atoms with Crippen LogP contribution in [0.4, 0.5) is 0 Å². The molecule has 1 unspecified atom stereocenters. The Morgan fingerprint density at radius 1 is 1.25 bits per heavy atom. The van der Waals surface area contributed by atoms with Gasteiger partial charge in [-0.1, -0.05) is 32.9 Å². The van der Waals surface area contributed by atoms with Crippen LogP contribution in [-0.2, 0) is 16.0 Å². The maximum Gasteiger partial charge on any atom is 0.308 e. The van der Waals surface area contributed by atoms with Crippen LogP contribution < -0.4 is 4.74 Å². The second-order valence-corrected chi connectivity index (χ2v) is 5.54. The molecule has 0 N–H and O–H groups in total. The molecule has 0 fully saturated rings. The number of aryl methyl sites for hydroxylation is 1. The van der Waals surface area contributed by atoms with Crippen LogP contribution in [-0.4, -0.2) is 19.7 Å². The highest BCUT2D eigenvalue weighted by atomic mass is 16.5. The Kier molecular flexibility index (Phi) is 6.05. The normalized spacial score (nSPS) is 12.3. The summed E-state index contributed by atoms with van der Waals surface area (Å²) < 4.78 is 10.6. The van der Waals surface area contributed by atoms with Gasteiger partial charge in [0.2, 0.25) is 0 Å². The third-order valence-electron chi connectivity index (χ3n) is 3.46. The van der Waals surface area contributed by atoms with Crippen molar-refractivity contribution >= 4 is 5.97 Å². The summed E-state index contributed by atoms with van der Waals surface area (Å²) in [6, 6.07) is 4.30. The first-order valence-electron chi connectivity index (χ1n) is 7.24. The van der Waals surface area contributed by atoms with E-state index < -0.39 is 0 Å². The number of carbonyl (C=O) groups is 1. The van der Waals surface area contributed by atoms with E-state index in [1.165, 1.54) is 5.56 Å². The summed E-state index contributed by atoms with van der Waals surface area (Å²) in [5.74, 6) is 1.02. The maximum atomic E-state index is 11.8. The van der Waals surface area contributed by atoms with Gasteiger partial charge < -0.3 is 9.47 Å². The lowest BCUT2D eigenvalue weighted by atomic mass is 9.92. The van der Waals surface area contributed by atoms with E-state index in [1.54, 1.807) is 7.11 Å². The second-order valence-electron chi connectivity index (χ2n) is 5.54. The molecule has 1 atom stereocenters. The van der Waals surface area contributed by atoms with Crippen molar-refractivity contribution in [3.63, 3.8) is 0 Å². The Balaban J connectivity index is 3.05. The van der Waals surface area contributed by atoms with Gasteiger partial charge in [0.05, 0.1) is 19.6 Å². The van der Waals surface area contributed by atoms with Crippen molar-refractivity contribution in [3.05, 3.63) is 28.8 Å². The topological polar surface area (TPSA) is 35.5 Å². The van der Waals surface area contributed by atoms with Gasteiger partial charge in [0.25, 0.3) is 0 Å². The number of hydrogen-bond acceptors (Lipinski definition) is 3. The lowest BCUT2D eigenvalue weighted by Gasteiger charge is -2.18. The number of esters is 1. The van der Waals surface area contributed by atoms with Crippen molar-refractivity contribution in [3.8, 4) is 5.75 Å². The smallest absolute Gasteiger partial charge is 0.308 e. The van der Waals surface area contributed by atoms with Gasteiger partial charge in [-0.25, -0.2) is 0 Å². The van der Waals surface area contributed by atoms with E-state index in [0.29, 0.717) is 18.9 Å². The van der Waals surface area contributed by atoms with Crippen molar-refractivity contribution in [2.45, 2.75) is 47.0 Å². The van der Waals surface area contributed by atoms with E-state index in [2.05, 4.69) is 26.0 Å². The quantitative estimate of drug-likeness (QED) is 0.741. The standard InChI is InChI=1S/C17H26O3/c1-7-20-17(18)13(5)9-15-10-14(11(2)3)8-12(4)16(15)19-6/h8,10-11,13H,7,9H2,1-6H3. The SMILES string of the molecule is CCOC(=O)C(C)Cc1cc(C(C)C)cc(C)c1OC. The molecule has 0 aliphatic heterocycles.